The van der Waals surface area contributed by atoms with Crippen LogP contribution < -0.4 is 4.90 Å². The molecule has 1 heterocycles. The van der Waals surface area contributed by atoms with Crippen LogP contribution in [0.3, 0.4) is 0 Å². The van der Waals surface area contributed by atoms with Gasteiger partial charge in [0.15, 0.2) is 0 Å². The molecule has 0 radical (unpaired) electrons. The van der Waals surface area contributed by atoms with Gasteiger partial charge in [-0.05, 0) is 61.5 Å². The summed E-state index contributed by atoms with van der Waals surface area (Å²) in [7, 11) is 2.27. The topological polar surface area (TPSA) is 9.72 Å². The lowest BCUT2D eigenvalue weighted by atomic mass is 9.84. The summed E-state index contributed by atoms with van der Waals surface area (Å²) < 4.78 is 0. The largest absolute Gasteiger partial charge is 0.370 e. The maximum Gasteiger partial charge on any atom is 0.0408 e. The SMILES string of the molecule is C=Cc1ccc(C(C)C(C)CCCCC)c(N2CC/C=C\C(Cl)=C/CN(CCN(C)CCCCCC)CC2)c1.CC.CC.CC. The van der Waals surface area contributed by atoms with E-state index in [0.29, 0.717) is 11.8 Å². The Kier molecular flexibility index (Phi) is 31.5. The Morgan fingerprint density at radius 1 is 0.889 bits per heavy atom. The van der Waals surface area contributed by atoms with Crippen molar-refractivity contribution in [1.82, 2.24) is 9.80 Å². The first-order chi connectivity index (χ1) is 21.9. The fourth-order valence-electron chi connectivity index (χ4n) is 5.47. The number of unbranched alkanes of at least 4 members (excludes halogenated alkanes) is 5. The Morgan fingerprint density at radius 3 is 2.20 bits per heavy atom. The van der Waals surface area contributed by atoms with Crippen molar-refractivity contribution >= 4 is 23.4 Å². The molecule has 1 aliphatic rings. The van der Waals surface area contributed by atoms with Gasteiger partial charge in [0.25, 0.3) is 0 Å². The molecule has 0 aliphatic carbocycles. The van der Waals surface area contributed by atoms with Crippen molar-refractivity contribution in [2.75, 3.05) is 57.8 Å². The van der Waals surface area contributed by atoms with Crippen LogP contribution in [-0.4, -0.2) is 62.7 Å². The van der Waals surface area contributed by atoms with E-state index in [2.05, 4.69) is 92.4 Å². The highest BCUT2D eigenvalue weighted by Crippen LogP contribution is 2.36. The molecule has 0 fully saturated rings. The number of nitrogens with zero attached hydrogens (tertiary/aromatic N) is 3. The number of halogens is 1. The van der Waals surface area contributed by atoms with Crippen molar-refractivity contribution in [3.05, 3.63) is 59.2 Å². The molecule has 2 rings (SSSR count). The van der Waals surface area contributed by atoms with E-state index in [1.54, 1.807) is 0 Å². The van der Waals surface area contributed by atoms with Gasteiger partial charge in [-0.2, -0.15) is 0 Å². The lowest BCUT2D eigenvalue weighted by Gasteiger charge is -2.33. The standard InChI is InChI=1S/C35H58ClN3.3C2H6/c1-7-10-12-15-22-37(6)25-26-38-24-21-33(36)18-14-16-23-39(28-27-38)35-29-32(9-3)19-20-34(35)31(5)30(4)17-13-11-8-2;3*1-2/h9,14,18-21,29-31H,3,7-8,10-13,15-17,22-28H2,1-2,4-6H3;3*1-2H3/b18-14-,33-21+;;;. The molecule has 0 bridgehead atoms. The fourth-order valence-corrected chi connectivity index (χ4v) is 5.63. The zero-order valence-electron chi connectivity index (χ0n) is 31.9. The molecule has 0 spiro atoms. The lowest BCUT2D eigenvalue weighted by Crippen LogP contribution is -2.40. The molecule has 262 valence electrons. The van der Waals surface area contributed by atoms with Gasteiger partial charge in [-0.25, -0.2) is 0 Å². The second-order valence-electron chi connectivity index (χ2n) is 11.7. The van der Waals surface area contributed by atoms with Crippen LogP contribution in [-0.2, 0) is 0 Å². The number of allylic oxidation sites excluding steroid dienone is 2. The predicted molar refractivity (Wildman–Crippen MR) is 210 cm³/mol. The number of hydrogen-bond acceptors (Lipinski definition) is 3. The Labute approximate surface area is 288 Å². The molecule has 45 heavy (non-hydrogen) atoms. The number of likely N-dealkylation sites (N-methyl/N-ethyl adjacent to an activating group) is 1. The van der Waals surface area contributed by atoms with Crippen LogP contribution in [0.25, 0.3) is 6.08 Å². The van der Waals surface area contributed by atoms with Crippen molar-refractivity contribution in [2.45, 2.75) is 133 Å². The molecule has 0 aromatic heterocycles. The third kappa shape index (κ3) is 20.3. The smallest absolute Gasteiger partial charge is 0.0408 e. The fraction of sp³-hybridized carbons (Fsp3) is 0.707. The van der Waals surface area contributed by atoms with Gasteiger partial charge < -0.3 is 9.80 Å². The predicted octanol–water partition coefficient (Wildman–Crippen LogP) is 12.4. The monoisotopic (exact) mass is 646 g/mol. The third-order valence-corrected chi connectivity index (χ3v) is 8.78. The summed E-state index contributed by atoms with van der Waals surface area (Å²) in [5.41, 5.74) is 4.08. The third-order valence-electron chi connectivity index (χ3n) is 8.50. The van der Waals surface area contributed by atoms with E-state index in [1.165, 1.54) is 74.7 Å². The molecule has 0 amide bonds. The molecule has 4 heteroatoms. The second kappa shape index (κ2) is 31.1. The minimum atomic E-state index is 0.526. The average molecular weight is 647 g/mol. The van der Waals surface area contributed by atoms with E-state index >= 15 is 0 Å². The summed E-state index contributed by atoms with van der Waals surface area (Å²) in [6.07, 6.45) is 20.0. The van der Waals surface area contributed by atoms with Crippen molar-refractivity contribution in [3.63, 3.8) is 0 Å². The van der Waals surface area contributed by atoms with Gasteiger partial charge in [0, 0.05) is 50.0 Å². The van der Waals surface area contributed by atoms with Gasteiger partial charge >= 0.3 is 0 Å². The maximum atomic E-state index is 6.56. The first-order valence-corrected chi connectivity index (χ1v) is 19.2. The van der Waals surface area contributed by atoms with Gasteiger partial charge in [0.2, 0.25) is 0 Å². The number of rotatable bonds is 16. The van der Waals surface area contributed by atoms with Crippen LogP contribution >= 0.6 is 11.6 Å². The first-order valence-electron chi connectivity index (χ1n) is 18.8. The van der Waals surface area contributed by atoms with Crippen molar-refractivity contribution in [2.24, 2.45) is 5.92 Å². The maximum absolute atomic E-state index is 6.56. The Bertz CT molecular complexity index is 878. The molecule has 0 saturated heterocycles. The highest BCUT2D eigenvalue weighted by atomic mass is 35.5. The van der Waals surface area contributed by atoms with E-state index in [4.69, 9.17) is 11.6 Å². The van der Waals surface area contributed by atoms with Gasteiger partial charge in [-0.15, -0.1) is 0 Å². The number of hydrogen-bond donors (Lipinski definition) is 0. The van der Waals surface area contributed by atoms with Gasteiger partial charge in [-0.3, -0.25) is 4.90 Å². The second-order valence-corrected chi connectivity index (χ2v) is 12.2. The molecular formula is C41H76ClN3. The number of benzene rings is 1. The summed E-state index contributed by atoms with van der Waals surface area (Å²) in [5, 5.41) is 0.852. The van der Waals surface area contributed by atoms with E-state index in [-0.39, 0.29) is 0 Å². The van der Waals surface area contributed by atoms with Gasteiger partial charge in [-0.1, -0.05) is 163 Å². The summed E-state index contributed by atoms with van der Waals surface area (Å²) in [5.74, 6) is 1.19. The van der Waals surface area contributed by atoms with Crippen LogP contribution in [0, 0.1) is 5.92 Å². The van der Waals surface area contributed by atoms with Crippen molar-refractivity contribution in [3.8, 4) is 0 Å². The summed E-state index contributed by atoms with van der Waals surface area (Å²) in [6, 6.07) is 7.00. The highest BCUT2D eigenvalue weighted by molar-refractivity contribution is 6.31. The zero-order valence-corrected chi connectivity index (χ0v) is 32.7. The molecule has 3 nitrogen and oxygen atoms in total. The lowest BCUT2D eigenvalue weighted by molar-refractivity contribution is 0.240. The minimum absolute atomic E-state index is 0.526. The normalized spacial score (nSPS) is 17.1. The van der Waals surface area contributed by atoms with Crippen LogP contribution in [0.4, 0.5) is 5.69 Å². The van der Waals surface area contributed by atoms with Gasteiger partial charge in [0.05, 0.1) is 0 Å². The molecule has 1 aromatic carbocycles. The minimum Gasteiger partial charge on any atom is -0.370 e. The molecule has 1 aromatic rings. The molecule has 0 N–H and O–H groups in total. The van der Waals surface area contributed by atoms with Crippen LogP contribution in [0.1, 0.15) is 144 Å². The van der Waals surface area contributed by atoms with Crippen LogP contribution in [0.5, 0.6) is 0 Å². The average Bonchev–Trinajstić information content (AvgIpc) is 3.12. The Hall–Kier alpha value is -1.55. The van der Waals surface area contributed by atoms with Gasteiger partial charge in [0.1, 0.15) is 0 Å². The summed E-state index contributed by atoms with van der Waals surface area (Å²) in [6.45, 7) is 32.8. The first kappa shape index (κ1) is 45.6. The quantitative estimate of drug-likeness (QED) is 0.166. The van der Waals surface area contributed by atoms with E-state index in [1.807, 2.05) is 47.6 Å². The van der Waals surface area contributed by atoms with Crippen molar-refractivity contribution < 1.29 is 0 Å². The Balaban J connectivity index is 0. The van der Waals surface area contributed by atoms with E-state index in [0.717, 1.165) is 50.7 Å². The zero-order chi connectivity index (χ0) is 34.5. The molecular weight excluding hydrogens is 570 g/mol. The number of anilines is 1. The molecule has 2 atom stereocenters. The summed E-state index contributed by atoms with van der Waals surface area (Å²) in [4.78, 5) is 7.70. The molecule has 0 saturated carbocycles. The van der Waals surface area contributed by atoms with E-state index < -0.39 is 0 Å². The molecule has 2 unspecified atom stereocenters. The highest BCUT2D eigenvalue weighted by Gasteiger charge is 2.21. The van der Waals surface area contributed by atoms with E-state index in [9.17, 15) is 0 Å². The summed E-state index contributed by atoms with van der Waals surface area (Å²) >= 11 is 6.56. The van der Waals surface area contributed by atoms with Crippen LogP contribution in [0.2, 0.25) is 0 Å². The van der Waals surface area contributed by atoms with Crippen LogP contribution in [0.15, 0.2) is 48.0 Å². The molecule has 1 aliphatic heterocycles. The Morgan fingerprint density at radius 2 is 1.56 bits per heavy atom. The van der Waals surface area contributed by atoms with Crippen molar-refractivity contribution in [1.29, 1.82) is 0 Å².